The summed E-state index contributed by atoms with van der Waals surface area (Å²) in [6, 6.07) is 0. The quantitative estimate of drug-likeness (QED) is 0.281. The first-order valence-electron chi connectivity index (χ1n) is 1.56. The molecule has 0 aliphatic carbocycles. The second-order valence-electron chi connectivity index (χ2n) is 0.740. The second-order valence-corrected chi connectivity index (χ2v) is 0.740. The van der Waals surface area contributed by atoms with Gasteiger partial charge in [0.25, 0.3) is 0 Å². The van der Waals surface area contributed by atoms with Gasteiger partial charge in [0.1, 0.15) is 6.73 Å². The van der Waals surface area contributed by atoms with Crippen LogP contribution in [0.15, 0.2) is 0 Å². The van der Waals surface area contributed by atoms with Crippen LogP contribution >= 0.6 is 0 Å². The highest BCUT2D eigenvalue weighted by atomic mass is 16.7. The zero-order chi connectivity index (χ0) is 5.70. The average molecular weight is 106 g/mol. The minimum Gasteiger partial charge on any atom is -0.376 e. The van der Waals surface area contributed by atoms with Crippen molar-refractivity contribution in [2.24, 2.45) is 5.90 Å². The van der Waals surface area contributed by atoms with E-state index in [2.05, 4.69) is 10.7 Å². The lowest BCUT2D eigenvalue weighted by molar-refractivity contribution is 0.134. The molecule has 42 valence electrons. The van der Waals surface area contributed by atoms with Crippen molar-refractivity contribution < 1.29 is 14.7 Å². The van der Waals surface area contributed by atoms with Gasteiger partial charge >= 0.3 is 6.09 Å². The van der Waals surface area contributed by atoms with E-state index >= 15 is 0 Å². The molecule has 0 unspecified atom stereocenters. The minimum absolute atomic E-state index is 0.462. The fourth-order valence-electron chi connectivity index (χ4n) is 0.106. The Kier molecular flexibility index (Phi) is 2.99. The molecule has 0 aromatic carbocycles. The Labute approximate surface area is 40.0 Å². The maximum atomic E-state index is 9.79. The molecule has 0 aliphatic heterocycles. The Morgan fingerprint density at radius 2 is 2.57 bits per heavy atom. The van der Waals surface area contributed by atoms with Gasteiger partial charge in [0.15, 0.2) is 0 Å². The van der Waals surface area contributed by atoms with E-state index in [1.165, 1.54) is 0 Å². The molecule has 0 aromatic heterocycles. The number of nitrogens with two attached hydrogens (primary N) is 1. The van der Waals surface area contributed by atoms with Gasteiger partial charge in [0, 0.05) is 0 Å². The minimum atomic E-state index is -0.845. The molecule has 0 saturated carbocycles. The summed E-state index contributed by atoms with van der Waals surface area (Å²) in [5.41, 5.74) is 0. The fourth-order valence-corrected chi connectivity index (χ4v) is 0.106. The van der Waals surface area contributed by atoms with Crippen LogP contribution in [0.5, 0.6) is 0 Å². The van der Waals surface area contributed by atoms with Crippen molar-refractivity contribution in [2.75, 3.05) is 6.73 Å². The van der Waals surface area contributed by atoms with Crippen LogP contribution in [0, 0.1) is 0 Å². The Morgan fingerprint density at radius 1 is 2.00 bits per heavy atom. The Morgan fingerprint density at radius 3 is 2.71 bits per heavy atom. The molecule has 0 bridgehead atoms. The molecule has 0 rings (SSSR count). The number of nitrogens with one attached hydrogen (secondary N) is 1. The van der Waals surface area contributed by atoms with E-state index in [1.807, 2.05) is 5.32 Å². The molecule has 1 amide bonds. The van der Waals surface area contributed by atoms with Gasteiger partial charge in [0.05, 0.1) is 0 Å². The summed E-state index contributed by atoms with van der Waals surface area (Å²) < 4.78 is 0. The third-order valence-electron chi connectivity index (χ3n) is 0.330. The summed E-state index contributed by atoms with van der Waals surface area (Å²) in [6.07, 6.45) is -0.845. The van der Waals surface area contributed by atoms with Crippen LogP contribution in [0.25, 0.3) is 0 Å². The molecule has 0 fully saturated rings. The topological polar surface area (TPSA) is 84.6 Å². The number of hydrogen-bond donors (Lipinski definition) is 3. The second kappa shape index (κ2) is 3.38. The smallest absolute Gasteiger partial charge is 0.376 e. The lowest BCUT2D eigenvalue weighted by atomic mass is 11.1. The van der Waals surface area contributed by atoms with Gasteiger partial charge in [-0.2, -0.15) is 5.90 Å². The van der Waals surface area contributed by atoms with Crippen LogP contribution in [0.4, 0.5) is 4.79 Å². The molecule has 5 heteroatoms. The molecule has 7 heavy (non-hydrogen) atoms. The van der Waals surface area contributed by atoms with Gasteiger partial charge in [0.2, 0.25) is 0 Å². The fraction of sp³-hybridized carbons (Fsp3) is 0.500. The van der Waals surface area contributed by atoms with Crippen LogP contribution in [0.1, 0.15) is 0 Å². The van der Waals surface area contributed by atoms with Gasteiger partial charge in [-0.25, -0.2) is 4.79 Å². The number of aliphatic hydroxyl groups excluding tert-OH is 1. The molecular formula is C2H6N2O3. The van der Waals surface area contributed by atoms with E-state index in [1.54, 1.807) is 0 Å². The predicted octanol–water partition coefficient (Wildman–Crippen LogP) is -1.46. The lowest BCUT2D eigenvalue weighted by Crippen LogP contribution is -2.27. The SMILES string of the molecule is NOC(=O)NCO. The first-order valence-corrected chi connectivity index (χ1v) is 1.56. The standard InChI is InChI=1S/C2H6N2O3/c3-7-2(6)4-1-5/h5H,1,3H2,(H,4,6). The molecule has 0 spiro atoms. The monoisotopic (exact) mass is 106 g/mol. The van der Waals surface area contributed by atoms with Crippen LogP contribution < -0.4 is 11.2 Å². The average Bonchev–Trinajstić information content (AvgIpc) is 1.68. The van der Waals surface area contributed by atoms with E-state index in [0.29, 0.717) is 0 Å². The normalized spacial score (nSPS) is 7.71. The Hall–Kier alpha value is -0.810. The summed E-state index contributed by atoms with van der Waals surface area (Å²) in [4.78, 5) is 13.4. The molecular weight excluding hydrogens is 100 g/mol. The van der Waals surface area contributed by atoms with Crippen molar-refractivity contribution in [3.05, 3.63) is 0 Å². The lowest BCUT2D eigenvalue weighted by Gasteiger charge is -1.93. The van der Waals surface area contributed by atoms with Crippen molar-refractivity contribution in [1.29, 1.82) is 0 Å². The summed E-state index contributed by atoms with van der Waals surface area (Å²) >= 11 is 0. The number of carbonyl (C=O) groups excluding carboxylic acids is 1. The zero-order valence-corrected chi connectivity index (χ0v) is 3.55. The van der Waals surface area contributed by atoms with Crippen molar-refractivity contribution in [2.45, 2.75) is 0 Å². The number of rotatable bonds is 1. The van der Waals surface area contributed by atoms with Gasteiger partial charge in [-0.05, 0) is 0 Å². The van der Waals surface area contributed by atoms with E-state index < -0.39 is 12.8 Å². The van der Waals surface area contributed by atoms with Gasteiger partial charge in [-0.15, -0.1) is 0 Å². The van der Waals surface area contributed by atoms with Crippen molar-refractivity contribution in [3.63, 3.8) is 0 Å². The summed E-state index contributed by atoms with van der Waals surface area (Å²) in [5.74, 6) is 4.33. The summed E-state index contributed by atoms with van der Waals surface area (Å²) in [5, 5.41) is 9.76. The highest BCUT2D eigenvalue weighted by Gasteiger charge is 1.91. The number of amides is 1. The van der Waals surface area contributed by atoms with E-state index in [-0.39, 0.29) is 0 Å². The molecule has 5 nitrogen and oxygen atoms in total. The summed E-state index contributed by atoms with van der Waals surface area (Å²) in [6.45, 7) is -0.462. The van der Waals surface area contributed by atoms with Crippen LogP contribution in [0.2, 0.25) is 0 Å². The van der Waals surface area contributed by atoms with Gasteiger partial charge < -0.3 is 9.94 Å². The first-order chi connectivity index (χ1) is 3.31. The van der Waals surface area contributed by atoms with Crippen molar-refractivity contribution in [1.82, 2.24) is 5.32 Å². The van der Waals surface area contributed by atoms with Crippen LogP contribution in [-0.4, -0.2) is 17.9 Å². The molecule has 4 N–H and O–H groups in total. The molecule has 0 atom stereocenters. The van der Waals surface area contributed by atoms with Crippen LogP contribution in [-0.2, 0) is 4.84 Å². The zero-order valence-electron chi connectivity index (χ0n) is 3.55. The van der Waals surface area contributed by atoms with Gasteiger partial charge in [-0.1, -0.05) is 0 Å². The Balaban J connectivity index is 3.00. The molecule has 0 saturated heterocycles. The highest BCUT2D eigenvalue weighted by molar-refractivity contribution is 5.66. The largest absolute Gasteiger partial charge is 0.427 e. The molecule has 0 aromatic rings. The van der Waals surface area contributed by atoms with Crippen molar-refractivity contribution >= 4 is 6.09 Å². The van der Waals surface area contributed by atoms with Gasteiger partial charge in [-0.3, -0.25) is 5.32 Å². The van der Waals surface area contributed by atoms with E-state index in [0.717, 1.165) is 0 Å². The third kappa shape index (κ3) is 3.01. The Bertz CT molecular complexity index is 64.0. The number of carbonyl (C=O) groups is 1. The maximum Gasteiger partial charge on any atom is 0.427 e. The number of hydrogen-bond acceptors (Lipinski definition) is 4. The predicted molar refractivity (Wildman–Crippen MR) is 20.9 cm³/mol. The van der Waals surface area contributed by atoms with Crippen LogP contribution in [0.3, 0.4) is 0 Å². The molecule has 0 radical (unpaired) electrons. The number of aliphatic hydroxyl groups is 1. The third-order valence-corrected chi connectivity index (χ3v) is 0.330. The van der Waals surface area contributed by atoms with E-state index in [4.69, 9.17) is 5.11 Å². The van der Waals surface area contributed by atoms with Crippen molar-refractivity contribution in [3.8, 4) is 0 Å². The summed E-state index contributed by atoms with van der Waals surface area (Å²) in [7, 11) is 0. The van der Waals surface area contributed by atoms with E-state index in [9.17, 15) is 4.79 Å². The first kappa shape index (κ1) is 6.19. The molecule has 0 heterocycles. The highest BCUT2D eigenvalue weighted by Crippen LogP contribution is 1.60. The maximum absolute atomic E-state index is 9.79. The molecule has 0 aliphatic rings.